The van der Waals surface area contributed by atoms with E-state index >= 15 is 0 Å². The highest BCUT2D eigenvalue weighted by molar-refractivity contribution is 5.77. The Bertz CT molecular complexity index is 814. The lowest BCUT2D eigenvalue weighted by molar-refractivity contribution is -0.271. The van der Waals surface area contributed by atoms with Crippen molar-refractivity contribution >= 4 is 16.9 Å². The zero-order chi connectivity index (χ0) is 17.4. The highest BCUT2D eigenvalue weighted by atomic mass is 16.7. The molecule has 2 heterocycles. The van der Waals surface area contributed by atoms with Gasteiger partial charge in [-0.2, -0.15) is 0 Å². The number of fused-ring (bicyclic) bond motifs is 1. The predicted octanol–water partition coefficient (Wildman–Crippen LogP) is -0.936. The highest BCUT2D eigenvalue weighted by Crippen LogP contribution is 2.24. The zero-order valence-electron chi connectivity index (χ0n) is 12.1. The minimum atomic E-state index is -1.84. The van der Waals surface area contributed by atoms with Gasteiger partial charge in [0.05, 0.1) is 0 Å². The van der Waals surface area contributed by atoms with Crippen molar-refractivity contribution in [2.45, 2.75) is 30.7 Å². The summed E-state index contributed by atoms with van der Waals surface area (Å²) in [7, 11) is 0. The van der Waals surface area contributed by atoms with Crippen LogP contribution < -0.4 is 10.4 Å². The summed E-state index contributed by atoms with van der Waals surface area (Å²) in [6, 6.07) is 7.95. The van der Waals surface area contributed by atoms with Crippen LogP contribution in [-0.4, -0.2) is 57.1 Å². The first-order valence-electron chi connectivity index (χ1n) is 7.00. The molecule has 1 aromatic heterocycles. The van der Waals surface area contributed by atoms with Crippen molar-refractivity contribution in [1.82, 2.24) is 0 Å². The molecule has 0 radical (unpaired) electrons. The fourth-order valence-electron chi connectivity index (χ4n) is 2.40. The van der Waals surface area contributed by atoms with E-state index in [1.165, 1.54) is 6.07 Å². The van der Waals surface area contributed by atoms with Crippen molar-refractivity contribution in [2.24, 2.45) is 0 Å². The molecule has 3 rings (SSSR count). The molecule has 2 aromatic rings. The number of carboxylic acids is 1. The lowest BCUT2D eigenvalue weighted by atomic mass is 9.99. The predicted molar refractivity (Wildman–Crippen MR) is 77.4 cm³/mol. The summed E-state index contributed by atoms with van der Waals surface area (Å²) in [6.45, 7) is 0. The summed E-state index contributed by atoms with van der Waals surface area (Å²) in [5.74, 6) is -1.88. The number of hydrogen-bond acceptors (Lipinski definition) is 8. The van der Waals surface area contributed by atoms with Gasteiger partial charge in [0.15, 0.2) is 6.10 Å². The number of rotatable bonds is 3. The molecule has 9 heteroatoms. The third-order valence-electron chi connectivity index (χ3n) is 3.67. The van der Waals surface area contributed by atoms with Crippen LogP contribution in [0.1, 0.15) is 0 Å². The lowest BCUT2D eigenvalue weighted by Crippen LogP contribution is -2.61. The molecular weight excluding hydrogens is 324 g/mol. The van der Waals surface area contributed by atoms with Crippen LogP contribution in [0.3, 0.4) is 0 Å². The molecule has 128 valence electrons. The maximum atomic E-state index is 11.9. The molecule has 1 fully saturated rings. The zero-order valence-corrected chi connectivity index (χ0v) is 12.1. The van der Waals surface area contributed by atoms with Gasteiger partial charge in [-0.05, 0) is 12.1 Å². The van der Waals surface area contributed by atoms with E-state index in [2.05, 4.69) is 0 Å². The quantitative estimate of drug-likeness (QED) is 0.521. The average molecular weight is 338 g/mol. The summed E-state index contributed by atoms with van der Waals surface area (Å²) in [4.78, 5) is 23.0. The fraction of sp³-hybridized carbons (Fsp3) is 0.333. The molecule has 1 saturated heterocycles. The van der Waals surface area contributed by atoms with Gasteiger partial charge >= 0.3 is 11.6 Å². The number of hydrogen-bond donors (Lipinski definition) is 4. The van der Waals surface area contributed by atoms with Crippen molar-refractivity contribution in [2.75, 3.05) is 0 Å². The van der Waals surface area contributed by atoms with Gasteiger partial charge in [0.1, 0.15) is 23.9 Å². The summed E-state index contributed by atoms with van der Waals surface area (Å²) >= 11 is 0. The van der Waals surface area contributed by atoms with Gasteiger partial charge < -0.3 is 34.3 Å². The Morgan fingerprint density at radius 2 is 1.79 bits per heavy atom. The van der Waals surface area contributed by atoms with Crippen LogP contribution in [-0.2, 0) is 9.53 Å². The van der Waals surface area contributed by atoms with Crippen molar-refractivity contribution in [3.05, 3.63) is 40.8 Å². The average Bonchev–Trinajstić information content (AvgIpc) is 2.55. The van der Waals surface area contributed by atoms with Crippen LogP contribution in [0, 0.1) is 0 Å². The van der Waals surface area contributed by atoms with Gasteiger partial charge in [0.2, 0.25) is 12.0 Å². The minimum absolute atomic E-state index is 0.318. The van der Waals surface area contributed by atoms with Crippen molar-refractivity contribution in [3.8, 4) is 5.75 Å². The summed E-state index contributed by atoms with van der Waals surface area (Å²) in [5, 5.41) is 38.7. The summed E-state index contributed by atoms with van der Waals surface area (Å²) < 4.78 is 15.2. The van der Waals surface area contributed by atoms with E-state index < -0.39 is 42.3 Å². The number of para-hydroxylation sites is 1. The normalized spacial score (nSPS) is 30.2. The molecule has 0 bridgehead atoms. The Balaban J connectivity index is 1.90. The Hall–Kier alpha value is -2.46. The second-order valence-electron chi connectivity index (χ2n) is 5.29. The van der Waals surface area contributed by atoms with E-state index in [1.54, 1.807) is 24.3 Å². The van der Waals surface area contributed by atoms with E-state index in [-0.39, 0.29) is 5.75 Å². The van der Waals surface area contributed by atoms with E-state index in [4.69, 9.17) is 19.0 Å². The van der Waals surface area contributed by atoms with Crippen LogP contribution in [0.5, 0.6) is 5.75 Å². The van der Waals surface area contributed by atoms with Crippen LogP contribution in [0.4, 0.5) is 0 Å². The monoisotopic (exact) mass is 338 g/mol. The van der Waals surface area contributed by atoms with Gasteiger partial charge in [-0.3, -0.25) is 0 Å². The molecule has 0 amide bonds. The molecule has 4 N–H and O–H groups in total. The standard InChI is InChI=1S/C15H14O9/c16-9-10(17)12(13(19)20)24-15(11(9)18)23-8-5-6-3-1-2-4-7(6)22-14(8)21/h1-5,9-12,15-18H,(H,19,20). The van der Waals surface area contributed by atoms with E-state index in [9.17, 15) is 24.9 Å². The molecular formula is C15H14O9. The number of aliphatic carboxylic acids is 1. The van der Waals surface area contributed by atoms with Crippen molar-refractivity contribution in [3.63, 3.8) is 0 Å². The van der Waals surface area contributed by atoms with Crippen LogP contribution in [0.25, 0.3) is 11.0 Å². The van der Waals surface area contributed by atoms with Gasteiger partial charge in [-0.1, -0.05) is 18.2 Å². The highest BCUT2D eigenvalue weighted by Gasteiger charge is 2.48. The smallest absolute Gasteiger partial charge is 0.379 e. The number of carbonyl (C=O) groups is 1. The fourth-order valence-corrected chi connectivity index (χ4v) is 2.40. The van der Waals surface area contributed by atoms with E-state index in [0.717, 1.165) is 0 Å². The van der Waals surface area contributed by atoms with Gasteiger partial charge in [0.25, 0.3) is 0 Å². The first-order chi connectivity index (χ1) is 11.4. The first kappa shape index (κ1) is 16.4. The number of benzene rings is 1. The number of aliphatic hydroxyl groups is 3. The molecule has 1 aliphatic heterocycles. The van der Waals surface area contributed by atoms with Gasteiger partial charge in [0, 0.05) is 5.39 Å². The Labute approximate surface area is 134 Å². The largest absolute Gasteiger partial charge is 0.479 e. The maximum Gasteiger partial charge on any atom is 0.379 e. The molecule has 5 atom stereocenters. The topological polar surface area (TPSA) is 147 Å². The summed E-state index contributed by atoms with van der Waals surface area (Å²) in [6.07, 6.45) is -8.92. The molecule has 0 spiro atoms. The van der Waals surface area contributed by atoms with Crippen LogP contribution in [0.15, 0.2) is 39.5 Å². The van der Waals surface area contributed by atoms with Gasteiger partial charge in [-0.25, -0.2) is 9.59 Å². The third-order valence-corrected chi connectivity index (χ3v) is 3.67. The Kier molecular flexibility index (Phi) is 4.24. The van der Waals surface area contributed by atoms with Crippen LogP contribution in [0.2, 0.25) is 0 Å². The molecule has 9 nitrogen and oxygen atoms in total. The molecule has 0 aliphatic carbocycles. The molecule has 1 aromatic carbocycles. The first-order valence-corrected chi connectivity index (χ1v) is 7.00. The number of carboxylic acid groups (broad SMARTS) is 1. The Morgan fingerprint density at radius 1 is 1.08 bits per heavy atom. The molecule has 5 unspecified atom stereocenters. The second-order valence-corrected chi connectivity index (χ2v) is 5.29. The van der Waals surface area contributed by atoms with E-state index in [1.807, 2.05) is 0 Å². The van der Waals surface area contributed by atoms with Crippen molar-refractivity contribution in [1.29, 1.82) is 0 Å². The SMILES string of the molecule is O=C(O)C1OC(Oc2cc3ccccc3oc2=O)C(O)C(O)C1O. The minimum Gasteiger partial charge on any atom is -0.479 e. The van der Waals surface area contributed by atoms with Gasteiger partial charge in [-0.15, -0.1) is 0 Å². The van der Waals surface area contributed by atoms with E-state index in [0.29, 0.717) is 11.0 Å². The molecule has 0 saturated carbocycles. The lowest BCUT2D eigenvalue weighted by Gasteiger charge is -2.38. The second kappa shape index (κ2) is 6.21. The molecule has 1 aliphatic rings. The number of aliphatic hydroxyl groups excluding tert-OH is 3. The third kappa shape index (κ3) is 2.85. The Morgan fingerprint density at radius 3 is 2.50 bits per heavy atom. The summed E-state index contributed by atoms with van der Waals surface area (Å²) in [5.41, 5.74) is -0.546. The van der Waals surface area contributed by atoms with Crippen molar-refractivity contribution < 1.29 is 39.1 Å². The van der Waals surface area contributed by atoms with Crippen LogP contribution >= 0.6 is 0 Å². The maximum absolute atomic E-state index is 11.9. The molecule has 24 heavy (non-hydrogen) atoms. The number of ether oxygens (including phenoxy) is 2.